The first kappa shape index (κ1) is 18.0. The molecule has 0 fully saturated rings. The van der Waals surface area contributed by atoms with Crippen LogP contribution in [0.15, 0.2) is 48.5 Å². The highest BCUT2D eigenvalue weighted by molar-refractivity contribution is 9.08. The predicted octanol–water partition coefficient (Wildman–Crippen LogP) is 6.64. The summed E-state index contributed by atoms with van der Waals surface area (Å²) in [5, 5.41) is 1.88. The lowest BCUT2D eigenvalue weighted by molar-refractivity contribution is 1.33. The Labute approximate surface area is 147 Å². The van der Waals surface area contributed by atoms with Gasteiger partial charge in [0.05, 0.1) is 0 Å². The maximum atomic E-state index is 5.59. The maximum Gasteiger partial charge on any atom is 0.0474 e. The van der Waals surface area contributed by atoms with E-state index in [0.29, 0.717) is 11.8 Å². The average molecular weight is 439 g/mol. The summed E-state index contributed by atoms with van der Waals surface area (Å²) in [7, 11) is 0. The minimum absolute atomic E-state index is 0.572. The van der Waals surface area contributed by atoms with Crippen LogP contribution in [-0.2, 0) is 22.4 Å². The smallest absolute Gasteiger partial charge is 0.0474 e. The number of alkyl halides is 4. The summed E-state index contributed by atoms with van der Waals surface area (Å²) in [5.74, 6) is 1.14. The fraction of sp³-hybridized carbons (Fsp3) is 0.250. The summed E-state index contributed by atoms with van der Waals surface area (Å²) in [6.45, 7) is 0. The molecule has 2 aromatic carbocycles. The van der Waals surface area contributed by atoms with Crippen LogP contribution in [0.1, 0.15) is 22.3 Å². The van der Waals surface area contributed by atoms with Crippen LogP contribution in [0.2, 0.25) is 0 Å². The Morgan fingerprint density at radius 3 is 1.35 bits per heavy atom. The van der Waals surface area contributed by atoms with Gasteiger partial charge in [0.2, 0.25) is 0 Å². The Morgan fingerprint density at radius 1 is 0.650 bits per heavy atom. The largest absolute Gasteiger partial charge is 0.122 e. The van der Waals surface area contributed by atoms with Crippen LogP contribution in [0, 0.1) is 0 Å². The molecule has 0 heterocycles. The molecule has 0 aliphatic heterocycles. The third kappa shape index (κ3) is 6.62. The van der Waals surface area contributed by atoms with Gasteiger partial charge in [-0.15, -0.1) is 23.2 Å². The van der Waals surface area contributed by atoms with E-state index in [2.05, 4.69) is 56.1 Å². The summed E-state index contributed by atoms with van der Waals surface area (Å²) in [6, 6.07) is 16.4. The molecule has 0 atom stereocenters. The zero-order chi connectivity index (χ0) is 14.8. The number of benzene rings is 2. The van der Waals surface area contributed by atoms with E-state index in [1.54, 1.807) is 0 Å². The molecule has 0 unspecified atom stereocenters. The van der Waals surface area contributed by atoms with Crippen molar-refractivity contribution >= 4 is 55.1 Å². The van der Waals surface area contributed by atoms with Crippen LogP contribution in [0.3, 0.4) is 0 Å². The molecule has 0 amide bonds. The van der Waals surface area contributed by atoms with Gasteiger partial charge in [-0.05, 0) is 22.3 Å². The Hall–Kier alpha value is -0.0200. The van der Waals surface area contributed by atoms with E-state index < -0.39 is 0 Å². The molecule has 0 spiro atoms. The topological polar surface area (TPSA) is 0 Å². The van der Waals surface area contributed by atoms with Crippen molar-refractivity contribution in [2.75, 3.05) is 0 Å². The van der Waals surface area contributed by atoms with E-state index in [1.807, 2.05) is 24.3 Å². The van der Waals surface area contributed by atoms with E-state index in [1.165, 1.54) is 11.1 Å². The van der Waals surface area contributed by atoms with E-state index >= 15 is 0 Å². The second-order valence-electron chi connectivity index (χ2n) is 4.17. The lowest BCUT2D eigenvalue weighted by atomic mass is 10.2. The van der Waals surface area contributed by atoms with E-state index in [4.69, 9.17) is 23.2 Å². The summed E-state index contributed by atoms with van der Waals surface area (Å²) in [4.78, 5) is 0. The first-order chi connectivity index (χ1) is 9.73. The summed E-state index contributed by atoms with van der Waals surface area (Å²) < 4.78 is 0. The Bertz CT molecular complexity index is 456. The fourth-order valence-corrected chi connectivity index (χ4v) is 2.57. The van der Waals surface area contributed by atoms with Crippen molar-refractivity contribution in [1.82, 2.24) is 0 Å². The highest BCUT2D eigenvalue weighted by Gasteiger charge is 1.91. The third-order valence-electron chi connectivity index (χ3n) is 2.63. The molecule has 0 N–H and O–H groups in total. The molecule has 0 nitrogen and oxygen atoms in total. The molecule has 108 valence electrons. The van der Waals surface area contributed by atoms with E-state index in [-0.39, 0.29) is 0 Å². The van der Waals surface area contributed by atoms with Gasteiger partial charge in [-0.1, -0.05) is 80.4 Å². The number of hydrogen-bond acceptors (Lipinski definition) is 0. The van der Waals surface area contributed by atoms with Crippen LogP contribution in [0.5, 0.6) is 0 Å². The zero-order valence-electron chi connectivity index (χ0n) is 11.0. The van der Waals surface area contributed by atoms with Gasteiger partial charge in [0.1, 0.15) is 0 Å². The maximum absolute atomic E-state index is 5.59. The SMILES string of the molecule is BrCc1cccc(CBr)c1.ClCc1ccc(CCl)cc1. The van der Waals surface area contributed by atoms with Crippen LogP contribution in [0.25, 0.3) is 0 Å². The monoisotopic (exact) mass is 436 g/mol. The van der Waals surface area contributed by atoms with Crippen LogP contribution in [-0.4, -0.2) is 0 Å². The Kier molecular flexibility index (Phi) is 9.62. The van der Waals surface area contributed by atoms with Gasteiger partial charge < -0.3 is 0 Å². The second kappa shape index (κ2) is 10.7. The molecule has 0 aliphatic carbocycles. The van der Waals surface area contributed by atoms with Gasteiger partial charge in [0.15, 0.2) is 0 Å². The average Bonchev–Trinajstić information content (AvgIpc) is 2.55. The van der Waals surface area contributed by atoms with Crippen LogP contribution >= 0.6 is 55.1 Å². The van der Waals surface area contributed by atoms with Crippen molar-refractivity contribution in [3.63, 3.8) is 0 Å². The zero-order valence-corrected chi connectivity index (χ0v) is 15.6. The van der Waals surface area contributed by atoms with Crippen molar-refractivity contribution in [3.05, 3.63) is 70.8 Å². The van der Waals surface area contributed by atoms with E-state index in [9.17, 15) is 0 Å². The van der Waals surface area contributed by atoms with Gasteiger partial charge in [-0.25, -0.2) is 0 Å². The highest BCUT2D eigenvalue weighted by atomic mass is 79.9. The predicted molar refractivity (Wildman–Crippen MR) is 97.3 cm³/mol. The van der Waals surface area contributed by atoms with Gasteiger partial charge >= 0.3 is 0 Å². The Morgan fingerprint density at radius 2 is 1.05 bits per heavy atom. The lowest BCUT2D eigenvalue weighted by Gasteiger charge is -1.97. The minimum Gasteiger partial charge on any atom is -0.122 e. The summed E-state index contributed by atoms with van der Waals surface area (Å²) in [5.41, 5.74) is 4.93. The van der Waals surface area contributed by atoms with Gasteiger partial charge in [0, 0.05) is 22.4 Å². The molecular weight excluding hydrogens is 423 g/mol. The van der Waals surface area contributed by atoms with Crippen LogP contribution < -0.4 is 0 Å². The molecule has 20 heavy (non-hydrogen) atoms. The first-order valence-corrected chi connectivity index (χ1v) is 9.44. The van der Waals surface area contributed by atoms with Crippen molar-refractivity contribution in [1.29, 1.82) is 0 Å². The normalized spacial score (nSPS) is 9.80. The number of hydrogen-bond donors (Lipinski definition) is 0. The molecule has 2 rings (SSSR count). The lowest BCUT2D eigenvalue weighted by Crippen LogP contribution is -1.80. The standard InChI is InChI=1S/C8H8Br2.C8H8Cl2/c9-5-7-2-1-3-8(4-7)6-10;9-5-7-1-2-8(6-10)4-3-7/h2*1-4H,5-6H2. The van der Waals surface area contributed by atoms with Gasteiger partial charge in [-0.2, -0.15) is 0 Å². The summed E-state index contributed by atoms with van der Waals surface area (Å²) in [6.07, 6.45) is 0. The molecule has 0 aromatic heterocycles. The molecule has 0 radical (unpaired) electrons. The van der Waals surface area contributed by atoms with Gasteiger partial charge in [0.25, 0.3) is 0 Å². The quantitative estimate of drug-likeness (QED) is 0.469. The van der Waals surface area contributed by atoms with Crippen LogP contribution in [0.4, 0.5) is 0 Å². The molecule has 0 saturated carbocycles. The third-order valence-corrected chi connectivity index (χ3v) is 4.54. The Balaban J connectivity index is 0.000000200. The first-order valence-electron chi connectivity index (χ1n) is 6.13. The molecule has 2 aromatic rings. The highest BCUT2D eigenvalue weighted by Crippen LogP contribution is 2.11. The summed E-state index contributed by atoms with van der Waals surface area (Å²) >= 11 is 18.0. The van der Waals surface area contributed by atoms with Gasteiger partial charge in [-0.3, -0.25) is 0 Å². The van der Waals surface area contributed by atoms with Crippen molar-refractivity contribution in [2.45, 2.75) is 22.4 Å². The fourth-order valence-electron chi connectivity index (χ4n) is 1.51. The number of halogens is 4. The van der Waals surface area contributed by atoms with Crippen molar-refractivity contribution in [3.8, 4) is 0 Å². The molecule has 0 bridgehead atoms. The second-order valence-corrected chi connectivity index (χ2v) is 5.83. The molecule has 4 heteroatoms. The number of rotatable bonds is 4. The molecule has 0 aliphatic rings. The molecular formula is C16H16Br2Cl2. The molecule has 0 saturated heterocycles. The minimum atomic E-state index is 0.572. The van der Waals surface area contributed by atoms with Crippen molar-refractivity contribution in [2.24, 2.45) is 0 Å². The van der Waals surface area contributed by atoms with Crippen molar-refractivity contribution < 1.29 is 0 Å². The van der Waals surface area contributed by atoms with E-state index in [0.717, 1.165) is 21.8 Å².